The predicted octanol–water partition coefficient (Wildman–Crippen LogP) is 2.69. The van der Waals surface area contributed by atoms with Gasteiger partial charge in [-0.05, 0) is 36.1 Å². The SMILES string of the molecule is O=C(Nc1ccnc(Cl)c1)NC1(CO)CCc2ccccc21. The van der Waals surface area contributed by atoms with Gasteiger partial charge >= 0.3 is 6.03 Å². The normalized spacial score (nSPS) is 19.5. The summed E-state index contributed by atoms with van der Waals surface area (Å²) in [6.45, 7) is -0.144. The molecule has 1 aliphatic carbocycles. The Morgan fingerprint density at radius 1 is 1.36 bits per heavy atom. The van der Waals surface area contributed by atoms with Gasteiger partial charge in [0, 0.05) is 11.9 Å². The maximum atomic E-state index is 12.3. The van der Waals surface area contributed by atoms with E-state index in [4.69, 9.17) is 11.6 Å². The number of rotatable bonds is 3. The van der Waals surface area contributed by atoms with Crippen molar-refractivity contribution in [3.8, 4) is 0 Å². The number of benzene rings is 1. The van der Waals surface area contributed by atoms with Gasteiger partial charge in [-0.2, -0.15) is 0 Å². The van der Waals surface area contributed by atoms with Gasteiger partial charge in [-0.3, -0.25) is 0 Å². The highest BCUT2D eigenvalue weighted by atomic mass is 35.5. The summed E-state index contributed by atoms with van der Waals surface area (Å²) in [6.07, 6.45) is 3.02. The van der Waals surface area contributed by atoms with Crippen LogP contribution < -0.4 is 10.6 Å². The number of anilines is 1. The van der Waals surface area contributed by atoms with Crippen molar-refractivity contribution in [2.75, 3.05) is 11.9 Å². The number of aryl methyl sites for hydroxylation is 1. The lowest BCUT2D eigenvalue weighted by Gasteiger charge is -2.29. The molecule has 1 atom stereocenters. The second kappa shape index (κ2) is 5.94. The van der Waals surface area contributed by atoms with Gasteiger partial charge in [-0.15, -0.1) is 0 Å². The number of halogens is 1. The second-order valence-corrected chi connectivity index (χ2v) is 5.73. The third kappa shape index (κ3) is 2.77. The summed E-state index contributed by atoms with van der Waals surface area (Å²) in [6, 6.07) is 10.7. The average molecular weight is 318 g/mol. The maximum absolute atomic E-state index is 12.3. The largest absolute Gasteiger partial charge is 0.394 e. The molecule has 2 amide bonds. The van der Waals surface area contributed by atoms with Crippen molar-refractivity contribution in [3.63, 3.8) is 0 Å². The van der Waals surface area contributed by atoms with Crippen LogP contribution in [0.4, 0.5) is 10.5 Å². The molecule has 0 saturated heterocycles. The molecule has 1 heterocycles. The summed E-state index contributed by atoms with van der Waals surface area (Å²) in [4.78, 5) is 16.1. The molecular formula is C16H16ClN3O2. The van der Waals surface area contributed by atoms with Crippen LogP contribution in [0.3, 0.4) is 0 Å². The smallest absolute Gasteiger partial charge is 0.320 e. The van der Waals surface area contributed by atoms with Gasteiger partial charge in [0.2, 0.25) is 0 Å². The first-order valence-electron chi connectivity index (χ1n) is 7.03. The van der Waals surface area contributed by atoms with Crippen LogP contribution in [0.5, 0.6) is 0 Å². The second-order valence-electron chi connectivity index (χ2n) is 5.34. The van der Waals surface area contributed by atoms with Gasteiger partial charge < -0.3 is 15.7 Å². The number of aliphatic hydroxyl groups is 1. The van der Waals surface area contributed by atoms with Crippen molar-refractivity contribution in [2.24, 2.45) is 0 Å². The minimum atomic E-state index is -0.739. The zero-order valence-corrected chi connectivity index (χ0v) is 12.6. The summed E-state index contributed by atoms with van der Waals surface area (Å²) in [5.74, 6) is 0. The minimum absolute atomic E-state index is 0.144. The summed E-state index contributed by atoms with van der Waals surface area (Å²) in [5.41, 5.74) is 1.94. The first kappa shape index (κ1) is 14.8. The number of aromatic nitrogens is 1. The topological polar surface area (TPSA) is 74.2 Å². The van der Waals surface area contributed by atoms with Crippen LogP contribution in [-0.4, -0.2) is 22.7 Å². The number of hydrogen-bond donors (Lipinski definition) is 3. The fourth-order valence-corrected chi connectivity index (χ4v) is 3.06. The molecule has 22 heavy (non-hydrogen) atoms. The lowest BCUT2D eigenvalue weighted by atomic mass is 9.93. The number of nitrogens with zero attached hydrogens (tertiary/aromatic N) is 1. The number of carbonyl (C=O) groups is 1. The lowest BCUT2D eigenvalue weighted by molar-refractivity contribution is 0.164. The Morgan fingerprint density at radius 3 is 2.95 bits per heavy atom. The van der Waals surface area contributed by atoms with Crippen LogP contribution in [-0.2, 0) is 12.0 Å². The fraction of sp³-hybridized carbons (Fsp3) is 0.250. The summed E-state index contributed by atoms with van der Waals surface area (Å²) in [7, 11) is 0. The Hall–Kier alpha value is -2.11. The van der Waals surface area contributed by atoms with Gasteiger partial charge in [0.25, 0.3) is 0 Å². The molecule has 6 heteroatoms. The molecule has 0 bridgehead atoms. The van der Waals surface area contributed by atoms with E-state index in [1.54, 1.807) is 12.1 Å². The van der Waals surface area contributed by atoms with E-state index in [1.165, 1.54) is 6.20 Å². The molecule has 0 fully saturated rings. The highest BCUT2D eigenvalue weighted by Crippen LogP contribution is 2.36. The molecule has 1 aromatic carbocycles. The first-order valence-corrected chi connectivity index (χ1v) is 7.41. The molecule has 1 aliphatic rings. The number of amides is 2. The zero-order chi connectivity index (χ0) is 15.6. The molecular weight excluding hydrogens is 302 g/mol. The molecule has 3 rings (SSSR count). The molecule has 0 radical (unpaired) electrons. The molecule has 114 valence electrons. The Labute approximate surface area is 133 Å². The van der Waals surface area contributed by atoms with Gasteiger partial charge in [-0.25, -0.2) is 9.78 Å². The van der Waals surface area contributed by atoms with E-state index in [9.17, 15) is 9.90 Å². The fourth-order valence-electron chi connectivity index (χ4n) is 2.88. The van der Waals surface area contributed by atoms with E-state index in [-0.39, 0.29) is 12.6 Å². The van der Waals surface area contributed by atoms with E-state index in [2.05, 4.69) is 15.6 Å². The summed E-state index contributed by atoms with van der Waals surface area (Å²) in [5, 5.41) is 15.8. The standard InChI is InChI=1S/C16H16ClN3O2/c17-14-9-12(6-8-18-14)19-15(22)20-16(10-21)7-5-11-3-1-2-4-13(11)16/h1-4,6,8-9,21H,5,7,10H2,(H2,18,19,20,22). The Kier molecular flexibility index (Phi) is 4.00. The first-order chi connectivity index (χ1) is 10.6. The highest BCUT2D eigenvalue weighted by molar-refractivity contribution is 6.29. The van der Waals surface area contributed by atoms with Crippen LogP contribution in [0.2, 0.25) is 5.15 Å². The van der Waals surface area contributed by atoms with Crippen molar-refractivity contribution in [2.45, 2.75) is 18.4 Å². The molecule has 0 aliphatic heterocycles. The van der Waals surface area contributed by atoms with Crippen molar-refractivity contribution in [3.05, 3.63) is 58.9 Å². The van der Waals surface area contributed by atoms with Crippen LogP contribution in [0, 0.1) is 0 Å². The summed E-state index contributed by atoms with van der Waals surface area (Å²) < 4.78 is 0. The van der Waals surface area contributed by atoms with Crippen molar-refractivity contribution < 1.29 is 9.90 Å². The number of fused-ring (bicyclic) bond motifs is 1. The van der Waals surface area contributed by atoms with Crippen LogP contribution in [0.15, 0.2) is 42.6 Å². The van der Waals surface area contributed by atoms with Gasteiger partial charge in [0.05, 0.1) is 12.1 Å². The van der Waals surface area contributed by atoms with Crippen molar-refractivity contribution in [1.29, 1.82) is 0 Å². The molecule has 5 nitrogen and oxygen atoms in total. The Morgan fingerprint density at radius 2 is 2.18 bits per heavy atom. The minimum Gasteiger partial charge on any atom is -0.394 e. The third-order valence-corrected chi connectivity index (χ3v) is 4.17. The zero-order valence-electron chi connectivity index (χ0n) is 11.8. The molecule has 1 unspecified atom stereocenters. The molecule has 0 saturated carbocycles. The van der Waals surface area contributed by atoms with Crippen LogP contribution >= 0.6 is 11.6 Å². The maximum Gasteiger partial charge on any atom is 0.320 e. The van der Waals surface area contributed by atoms with E-state index in [0.29, 0.717) is 17.3 Å². The van der Waals surface area contributed by atoms with E-state index >= 15 is 0 Å². The number of nitrogens with one attached hydrogen (secondary N) is 2. The van der Waals surface area contributed by atoms with Crippen LogP contribution in [0.25, 0.3) is 0 Å². The highest BCUT2D eigenvalue weighted by Gasteiger charge is 2.39. The average Bonchev–Trinajstić information content (AvgIpc) is 2.87. The van der Waals surface area contributed by atoms with E-state index in [1.807, 2.05) is 24.3 Å². The molecule has 2 aromatic rings. The van der Waals surface area contributed by atoms with Gasteiger partial charge in [0.1, 0.15) is 5.15 Å². The number of pyridine rings is 1. The number of hydrogen-bond acceptors (Lipinski definition) is 3. The number of urea groups is 1. The van der Waals surface area contributed by atoms with Crippen molar-refractivity contribution in [1.82, 2.24) is 10.3 Å². The Balaban J connectivity index is 1.78. The van der Waals surface area contributed by atoms with Gasteiger partial charge in [0.15, 0.2) is 0 Å². The predicted molar refractivity (Wildman–Crippen MR) is 84.9 cm³/mol. The molecule has 1 aromatic heterocycles. The quantitative estimate of drug-likeness (QED) is 0.762. The lowest BCUT2D eigenvalue weighted by Crippen LogP contribution is -2.48. The van der Waals surface area contributed by atoms with E-state index < -0.39 is 5.54 Å². The van der Waals surface area contributed by atoms with Gasteiger partial charge in [-0.1, -0.05) is 35.9 Å². The number of aliphatic hydroxyl groups excluding tert-OH is 1. The third-order valence-electron chi connectivity index (χ3n) is 3.96. The summed E-state index contributed by atoms with van der Waals surface area (Å²) >= 11 is 5.80. The van der Waals surface area contributed by atoms with Crippen molar-refractivity contribution >= 4 is 23.3 Å². The molecule has 0 spiro atoms. The Bertz CT molecular complexity index is 707. The number of carbonyl (C=O) groups excluding carboxylic acids is 1. The van der Waals surface area contributed by atoms with Crippen LogP contribution in [0.1, 0.15) is 17.5 Å². The monoisotopic (exact) mass is 317 g/mol. The molecule has 3 N–H and O–H groups in total. The van der Waals surface area contributed by atoms with E-state index in [0.717, 1.165) is 17.5 Å².